The molecule has 0 spiro atoms. The summed E-state index contributed by atoms with van der Waals surface area (Å²) in [6.45, 7) is 4.35. The van der Waals surface area contributed by atoms with E-state index in [-0.39, 0.29) is 11.8 Å². The van der Waals surface area contributed by atoms with Gasteiger partial charge < -0.3 is 22.1 Å². The molecule has 222 valence electrons. The highest BCUT2D eigenvalue weighted by Gasteiger charge is 2.30. The zero-order valence-corrected chi connectivity index (χ0v) is 25.8. The summed E-state index contributed by atoms with van der Waals surface area (Å²) in [4.78, 5) is 53.2. The van der Waals surface area contributed by atoms with E-state index in [9.17, 15) is 19.2 Å². The fraction of sp³-hybridized carbons (Fsp3) is 0.438. The average Bonchev–Trinajstić information content (AvgIpc) is 3.50. The van der Waals surface area contributed by atoms with Crippen molar-refractivity contribution in [1.29, 1.82) is 0 Å². The molecule has 42 heavy (non-hydrogen) atoms. The Morgan fingerprint density at radius 2 is 1.10 bits per heavy atom. The minimum atomic E-state index is -0.532. The fourth-order valence-electron chi connectivity index (χ4n) is 6.44. The topological polar surface area (TPSA) is 144 Å². The summed E-state index contributed by atoms with van der Waals surface area (Å²) in [5.74, 6) is -0.652. The highest BCUT2D eigenvalue weighted by molar-refractivity contribution is 7.17. The maximum atomic E-state index is 13.1. The highest BCUT2D eigenvalue weighted by Crippen LogP contribution is 2.42. The van der Waals surface area contributed by atoms with Crippen LogP contribution in [0.1, 0.15) is 115 Å². The summed E-state index contributed by atoms with van der Waals surface area (Å²) in [6.07, 6.45) is 9.93. The lowest BCUT2D eigenvalue weighted by Gasteiger charge is -2.21. The van der Waals surface area contributed by atoms with Crippen molar-refractivity contribution >= 4 is 56.3 Å². The van der Waals surface area contributed by atoms with Crippen LogP contribution in [-0.4, -0.2) is 23.6 Å². The zero-order chi connectivity index (χ0) is 30.0. The molecule has 4 amide bonds. The van der Waals surface area contributed by atoms with E-state index in [1.165, 1.54) is 22.7 Å². The molecule has 2 aliphatic rings. The molecular formula is C32H38N4O4S2. The molecule has 2 heterocycles. The van der Waals surface area contributed by atoms with Gasteiger partial charge in [-0.05, 0) is 85.8 Å². The molecule has 6 N–H and O–H groups in total. The molecule has 2 unspecified atom stereocenters. The van der Waals surface area contributed by atoms with E-state index in [1.54, 1.807) is 24.3 Å². The van der Waals surface area contributed by atoms with Crippen molar-refractivity contribution in [2.75, 3.05) is 10.6 Å². The molecule has 0 radical (unpaired) electrons. The fourth-order valence-corrected chi connectivity index (χ4v) is 9.16. The molecule has 5 rings (SSSR count). The predicted octanol–water partition coefficient (Wildman–Crippen LogP) is 6.32. The van der Waals surface area contributed by atoms with Crippen molar-refractivity contribution in [1.82, 2.24) is 0 Å². The summed E-state index contributed by atoms with van der Waals surface area (Å²) in [5, 5.41) is 6.75. The lowest BCUT2D eigenvalue weighted by Crippen LogP contribution is -2.20. The Labute approximate surface area is 254 Å². The monoisotopic (exact) mass is 606 g/mol. The molecule has 0 aliphatic heterocycles. The van der Waals surface area contributed by atoms with Crippen molar-refractivity contribution in [2.45, 2.75) is 78.1 Å². The molecule has 0 saturated heterocycles. The van der Waals surface area contributed by atoms with Crippen molar-refractivity contribution in [2.24, 2.45) is 23.3 Å². The van der Waals surface area contributed by atoms with E-state index in [0.717, 1.165) is 85.1 Å². The van der Waals surface area contributed by atoms with Crippen molar-refractivity contribution in [3.8, 4) is 0 Å². The van der Waals surface area contributed by atoms with Crippen molar-refractivity contribution < 1.29 is 19.2 Å². The Balaban J connectivity index is 1.29. The first kappa shape index (κ1) is 30.0. The largest absolute Gasteiger partial charge is 0.365 e. The Morgan fingerprint density at radius 3 is 1.43 bits per heavy atom. The predicted molar refractivity (Wildman–Crippen MR) is 169 cm³/mol. The number of rotatable bonds is 10. The molecular weight excluding hydrogens is 569 g/mol. The van der Waals surface area contributed by atoms with Crippen LogP contribution in [0.15, 0.2) is 24.3 Å². The van der Waals surface area contributed by atoms with Gasteiger partial charge in [0.2, 0.25) is 0 Å². The molecule has 0 fully saturated rings. The molecule has 2 atom stereocenters. The molecule has 2 aliphatic carbocycles. The standard InChI is InChI=1S/C32H38N4O4S2/c1-3-5-17-7-13-21-23(15-17)41-31(25(21)27(33)37)35-29(39)19-9-11-20(12-10-19)30(40)36-32-26(28(34)38)22-14-8-18(6-4-2)16-24(22)42-32/h9-12,17-18H,3-8,13-16H2,1-2H3,(H2,33,37)(H2,34,38)(H,35,39)(H,36,40). The third-order valence-electron chi connectivity index (χ3n) is 8.48. The number of anilines is 2. The van der Waals surface area contributed by atoms with Crippen LogP contribution in [0.2, 0.25) is 0 Å². The second-order valence-electron chi connectivity index (χ2n) is 11.4. The van der Waals surface area contributed by atoms with Crippen LogP contribution in [-0.2, 0) is 25.7 Å². The quantitative estimate of drug-likeness (QED) is 0.214. The van der Waals surface area contributed by atoms with Gasteiger partial charge >= 0.3 is 0 Å². The lowest BCUT2D eigenvalue weighted by atomic mass is 9.84. The zero-order valence-electron chi connectivity index (χ0n) is 24.1. The van der Waals surface area contributed by atoms with Gasteiger partial charge in [-0.2, -0.15) is 0 Å². The van der Waals surface area contributed by atoms with Crippen molar-refractivity contribution in [3.63, 3.8) is 0 Å². The van der Waals surface area contributed by atoms with E-state index in [4.69, 9.17) is 11.5 Å². The van der Waals surface area contributed by atoms with E-state index in [0.29, 0.717) is 44.1 Å². The van der Waals surface area contributed by atoms with Crippen LogP contribution >= 0.6 is 22.7 Å². The Morgan fingerprint density at radius 1 is 0.714 bits per heavy atom. The summed E-state index contributed by atoms with van der Waals surface area (Å²) in [7, 11) is 0. The van der Waals surface area contributed by atoms with Crippen LogP contribution in [0.5, 0.6) is 0 Å². The first-order chi connectivity index (χ1) is 20.2. The first-order valence-corrected chi connectivity index (χ1v) is 16.4. The van der Waals surface area contributed by atoms with Gasteiger partial charge in [-0.3, -0.25) is 19.2 Å². The van der Waals surface area contributed by atoms with Gasteiger partial charge in [0.1, 0.15) is 10.0 Å². The maximum Gasteiger partial charge on any atom is 0.256 e. The summed E-state index contributed by atoms with van der Waals surface area (Å²) >= 11 is 2.87. The molecule has 8 nitrogen and oxygen atoms in total. The van der Waals surface area contributed by atoms with Crippen LogP contribution < -0.4 is 22.1 Å². The molecule has 0 saturated carbocycles. The Hall–Kier alpha value is -3.50. The minimum absolute atomic E-state index is 0.351. The van der Waals surface area contributed by atoms with Gasteiger partial charge in [0.05, 0.1) is 11.1 Å². The number of nitrogens with two attached hydrogens (primary N) is 2. The van der Waals surface area contributed by atoms with Gasteiger partial charge in [0.25, 0.3) is 23.6 Å². The number of carbonyl (C=O) groups excluding carboxylic acids is 4. The SMILES string of the molecule is CCCC1CCc2c(sc(NC(=O)c3ccc(C(=O)Nc4sc5c(c4C(N)=O)CCC(CCC)C5)cc3)c2C(N)=O)C1. The van der Waals surface area contributed by atoms with Gasteiger partial charge in [-0.15, -0.1) is 22.7 Å². The minimum Gasteiger partial charge on any atom is -0.365 e. The maximum absolute atomic E-state index is 13.1. The summed E-state index contributed by atoms with van der Waals surface area (Å²) < 4.78 is 0. The Kier molecular flexibility index (Phi) is 9.13. The number of hydrogen-bond acceptors (Lipinski definition) is 6. The third-order valence-corrected chi connectivity index (χ3v) is 10.8. The number of nitrogens with one attached hydrogen (secondary N) is 2. The Bertz CT molecular complexity index is 1410. The van der Waals surface area contributed by atoms with Crippen LogP contribution in [0, 0.1) is 11.8 Å². The van der Waals surface area contributed by atoms with E-state index in [1.807, 2.05) is 0 Å². The van der Waals surface area contributed by atoms with Crippen LogP contribution in [0.3, 0.4) is 0 Å². The number of hydrogen-bond donors (Lipinski definition) is 4. The number of amides is 4. The molecule has 0 bridgehead atoms. The smallest absolute Gasteiger partial charge is 0.256 e. The first-order valence-electron chi connectivity index (χ1n) is 14.8. The molecule has 10 heteroatoms. The lowest BCUT2D eigenvalue weighted by molar-refractivity contribution is 0.0989. The van der Waals surface area contributed by atoms with E-state index < -0.39 is 11.8 Å². The van der Waals surface area contributed by atoms with E-state index in [2.05, 4.69) is 24.5 Å². The number of fused-ring (bicyclic) bond motifs is 2. The van der Waals surface area contributed by atoms with Crippen LogP contribution in [0.25, 0.3) is 0 Å². The van der Waals surface area contributed by atoms with Gasteiger partial charge in [-0.1, -0.05) is 39.5 Å². The van der Waals surface area contributed by atoms with Gasteiger partial charge in [0, 0.05) is 20.9 Å². The highest BCUT2D eigenvalue weighted by atomic mass is 32.1. The average molecular weight is 607 g/mol. The normalized spacial score (nSPS) is 17.7. The number of thiophene rings is 2. The number of benzene rings is 1. The van der Waals surface area contributed by atoms with Crippen molar-refractivity contribution in [3.05, 3.63) is 67.4 Å². The number of primary amides is 2. The van der Waals surface area contributed by atoms with E-state index >= 15 is 0 Å². The molecule has 2 aromatic heterocycles. The number of carbonyl (C=O) groups is 4. The summed E-state index contributed by atoms with van der Waals surface area (Å²) in [5.41, 5.74) is 14.9. The second kappa shape index (κ2) is 12.8. The van der Waals surface area contributed by atoms with Gasteiger partial charge in [0.15, 0.2) is 0 Å². The summed E-state index contributed by atoms with van der Waals surface area (Å²) in [6, 6.07) is 6.29. The molecule has 1 aromatic carbocycles. The third kappa shape index (κ3) is 6.15. The van der Waals surface area contributed by atoms with Gasteiger partial charge in [-0.25, -0.2) is 0 Å². The molecule has 3 aromatic rings. The second-order valence-corrected chi connectivity index (χ2v) is 13.6. The van der Waals surface area contributed by atoms with Crippen LogP contribution in [0.4, 0.5) is 10.0 Å².